The average Bonchev–Trinajstić information content (AvgIpc) is 3.21. The molecule has 1 atom stereocenters. The number of hydrogen-bond donors (Lipinski definition) is 1. The molecule has 0 aliphatic rings. The number of rotatable bonds is 6. The van der Waals surface area contributed by atoms with Crippen molar-refractivity contribution in [3.63, 3.8) is 0 Å². The standard InChI is InChI=1S/C20H23N5O.ClH/c1-15(16-7-10-18(11-8-16)25-14-22-13-23-25)24(2)20(26)12-9-17-5-3-4-6-19(17)21;/h3-8,10-11,13-15H,9,12,21H2,1-2H3;1H. The van der Waals surface area contributed by atoms with Crippen molar-refractivity contribution >= 4 is 24.0 Å². The first-order valence-electron chi connectivity index (χ1n) is 8.60. The second-order valence-electron chi connectivity index (χ2n) is 6.31. The third kappa shape index (κ3) is 4.86. The quantitative estimate of drug-likeness (QED) is 0.659. The molecule has 2 N–H and O–H groups in total. The Morgan fingerprint density at radius 2 is 1.89 bits per heavy atom. The van der Waals surface area contributed by atoms with Crippen molar-refractivity contribution in [1.82, 2.24) is 19.7 Å². The molecule has 3 rings (SSSR count). The van der Waals surface area contributed by atoms with Gasteiger partial charge in [0.15, 0.2) is 0 Å². The molecule has 0 saturated carbocycles. The molecule has 0 radical (unpaired) electrons. The number of anilines is 1. The van der Waals surface area contributed by atoms with Gasteiger partial charge in [0.25, 0.3) is 0 Å². The van der Waals surface area contributed by atoms with Crippen molar-refractivity contribution in [1.29, 1.82) is 0 Å². The van der Waals surface area contributed by atoms with Crippen LogP contribution in [-0.2, 0) is 11.2 Å². The summed E-state index contributed by atoms with van der Waals surface area (Å²) in [5, 5.41) is 4.12. The monoisotopic (exact) mass is 385 g/mol. The molecule has 0 aliphatic carbocycles. The van der Waals surface area contributed by atoms with Crippen LogP contribution in [0.25, 0.3) is 5.69 Å². The van der Waals surface area contributed by atoms with E-state index in [0.29, 0.717) is 12.8 Å². The highest BCUT2D eigenvalue weighted by Gasteiger charge is 2.17. The molecule has 0 saturated heterocycles. The van der Waals surface area contributed by atoms with E-state index in [1.165, 1.54) is 6.33 Å². The maximum absolute atomic E-state index is 12.6. The number of aromatic nitrogens is 3. The summed E-state index contributed by atoms with van der Waals surface area (Å²) in [5.41, 5.74) is 9.71. The number of amides is 1. The Hall–Kier alpha value is -2.86. The number of aryl methyl sites for hydroxylation is 1. The smallest absolute Gasteiger partial charge is 0.223 e. The fraction of sp³-hybridized carbons (Fsp3) is 0.250. The first kappa shape index (κ1) is 20.5. The average molecular weight is 386 g/mol. The van der Waals surface area contributed by atoms with Crippen LogP contribution in [0, 0.1) is 0 Å². The lowest BCUT2D eigenvalue weighted by Gasteiger charge is -2.25. The fourth-order valence-electron chi connectivity index (χ4n) is 2.87. The number of nitrogen functional groups attached to an aromatic ring is 1. The Balaban J connectivity index is 0.00000261. The van der Waals surface area contributed by atoms with Crippen LogP contribution in [0.5, 0.6) is 0 Å². The Bertz CT molecular complexity index is 864. The van der Waals surface area contributed by atoms with Gasteiger partial charge >= 0.3 is 0 Å². The summed E-state index contributed by atoms with van der Waals surface area (Å²) < 4.78 is 1.70. The maximum Gasteiger partial charge on any atom is 0.223 e. The van der Waals surface area contributed by atoms with Gasteiger partial charge < -0.3 is 10.6 Å². The largest absolute Gasteiger partial charge is 0.399 e. The topological polar surface area (TPSA) is 77.0 Å². The van der Waals surface area contributed by atoms with Crippen molar-refractivity contribution < 1.29 is 4.79 Å². The zero-order chi connectivity index (χ0) is 18.5. The number of benzene rings is 2. The van der Waals surface area contributed by atoms with E-state index in [0.717, 1.165) is 22.5 Å². The summed E-state index contributed by atoms with van der Waals surface area (Å²) in [5.74, 6) is 0.0982. The van der Waals surface area contributed by atoms with Gasteiger partial charge in [-0.15, -0.1) is 12.4 Å². The third-order valence-electron chi connectivity index (χ3n) is 4.70. The molecule has 1 unspecified atom stereocenters. The Morgan fingerprint density at radius 1 is 1.19 bits per heavy atom. The van der Waals surface area contributed by atoms with Gasteiger partial charge in [0.1, 0.15) is 12.7 Å². The first-order chi connectivity index (χ1) is 12.6. The van der Waals surface area contributed by atoms with Gasteiger partial charge in [-0.1, -0.05) is 30.3 Å². The van der Waals surface area contributed by atoms with E-state index in [2.05, 4.69) is 10.1 Å². The van der Waals surface area contributed by atoms with E-state index in [1.807, 2.05) is 62.5 Å². The first-order valence-corrected chi connectivity index (χ1v) is 8.60. The Kier molecular flexibility index (Phi) is 6.96. The summed E-state index contributed by atoms with van der Waals surface area (Å²) in [6, 6.07) is 15.6. The van der Waals surface area contributed by atoms with Gasteiger partial charge in [-0.25, -0.2) is 9.67 Å². The van der Waals surface area contributed by atoms with Crippen LogP contribution in [0.15, 0.2) is 61.2 Å². The summed E-state index contributed by atoms with van der Waals surface area (Å²) in [4.78, 5) is 18.3. The van der Waals surface area contributed by atoms with Gasteiger partial charge in [0.2, 0.25) is 5.91 Å². The highest BCUT2D eigenvalue weighted by atomic mass is 35.5. The number of carbonyl (C=O) groups is 1. The number of carbonyl (C=O) groups excluding carboxylic acids is 1. The van der Waals surface area contributed by atoms with Crippen molar-refractivity contribution in [3.05, 3.63) is 72.3 Å². The highest BCUT2D eigenvalue weighted by molar-refractivity contribution is 5.85. The van der Waals surface area contributed by atoms with Crippen LogP contribution in [-0.4, -0.2) is 32.6 Å². The molecule has 6 nitrogen and oxygen atoms in total. The van der Waals surface area contributed by atoms with E-state index < -0.39 is 0 Å². The lowest BCUT2D eigenvalue weighted by atomic mass is 10.0. The van der Waals surface area contributed by atoms with Crippen LogP contribution < -0.4 is 5.73 Å². The van der Waals surface area contributed by atoms with Gasteiger partial charge in [0.05, 0.1) is 11.7 Å². The lowest BCUT2D eigenvalue weighted by Crippen LogP contribution is -2.29. The number of halogens is 1. The van der Waals surface area contributed by atoms with Crippen molar-refractivity contribution in [2.75, 3.05) is 12.8 Å². The van der Waals surface area contributed by atoms with Gasteiger partial charge in [-0.05, 0) is 42.7 Å². The number of hydrogen-bond acceptors (Lipinski definition) is 4. The van der Waals surface area contributed by atoms with Crippen LogP contribution >= 0.6 is 12.4 Å². The Labute approximate surface area is 165 Å². The van der Waals surface area contributed by atoms with Gasteiger partial charge in [-0.3, -0.25) is 4.79 Å². The second kappa shape index (κ2) is 9.19. The minimum atomic E-state index is -0.0135. The highest BCUT2D eigenvalue weighted by Crippen LogP contribution is 2.22. The van der Waals surface area contributed by atoms with Crippen molar-refractivity contribution in [2.45, 2.75) is 25.8 Å². The molecule has 1 heterocycles. The van der Waals surface area contributed by atoms with E-state index in [-0.39, 0.29) is 24.4 Å². The predicted molar refractivity (Wildman–Crippen MR) is 109 cm³/mol. The molecule has 142 valence electrons. The lowest BCUT2D eigenvalue weighted by molar-refractivity contribution is -0.131. The predicted octanol–water partition coefficient (Wildman–Crippen LogP) is 3.42. The summed E-state index contributed by atoms with van der Waals surface area (Å²) in [6.07, 6.45) is 4.24. The molecule has 0 aliphatic heterocycles. The minimum absolute atomic E-state index is 0. The molecule has 1 amide bonds. The normalized spacial score (nSPS) is 11.5. The van der Waals surface area contributed by atoms with Crippen LogP contribution in [0.4, 0.5) is 5.69 Å². The zero-order valence-electron chi connectivity index (χ0n) is 15.4. The van der Waals surface area contributed by atoms with Crippen molar-refractivity contribution in [3.8, 4) is 5.69 Å². The van der Waals surface area contributed by atoms with Crippen LogP contribution in [0.2, 0.25) is 0 Å². The van der Waals surface area contributed by atoms with E-state index in [1.54, 1.807) is 15.9 Å². The minimum Gasteiger partial charge on any atom is -0.399 e. The van der Waals surface area contributed by atoms with E-state index >= 15 is 0 Å². The molecule has 1 aromatic heterocycles. The maximum atomic E-state index is 12.6. The molecule has 3 aromatic rings. The molecule has 2 aromatic carbocycles. The zero-order valence-corrected chi connectivity index (χ0v) is 16.3. The number of para-hydroxylation sites is 1. The van der Waals surface area contributed by atoms with Gasteiger partial charge in [0, 0.05) is 19.2 Å². The second-order valence-corrected chi connectivity index (χ2v) is 6.31. The third-order valence-corrected chi connectivity index (χ3v) is 4.70. The number of nitrogens with zero attached hydrogens (tertiary/aromatic N) is 4. The fourth-order valence-corrected chi connectivity index (χ4v) is 2.87. The molecular weight excluding hydrogens is 362 g/mol. The Morgan fingerprint density at radius 3 is 2.52 bits per heavy atom. The van der Waals surface area contributed by atoms with Crippen LogP contribution in [0.3, 0.4) is 0 Å². The summed E-state index contributed by atoms with van der Waals surface area (Å²) >= 11 is 0. The molecule has 27 heavy (non-hydrogen) atoms. The van der Waals surface area contributed by atoms with E-state index in [4.69, 9.17) is 5.73 Å². The molecular formula is C20H24ClN5O. The van der Waals surface area contributed by atoms with E-state index in [9.17, 15) is 4.79 Å². The van der Waals surface area contributed by atoms with Crippen molar-refractivity contribution in [2.24, 2.45) is 0 Å². The summed E-state index contributed by atoms with van der Waals surface area (Å²) in [6.45, 7) is 2.03. The number of nitrogens with two attached hydrogens (primary N) is 1. The molecule has 0 bridgehead atoms. The summed E-state index contributed by atoms with van der Waals surface area (Å²) in [7, 11) is 1.84. The molecule has 7 heteroatoms. The van der Waals surface area contributed by atoms with Gasteiger partial charge in [-0.2, -0.15) is 5.10 Å². The molecule has 0 fully saturated rings. The molecule has 0 spiro atoms. The van der Waals surface area contributed by atoms with Crippen LogP contribution in [0.1, 0.15) is 30.5 Å². The SMILES string of the molecule is CC(c1ccc(-n2cncn2)cc1)N(C)C(=O)CCc1ccccc1N.Cl.